The van der Waals surface area contributed by atoms with Gasteiger partial charge in [0.25, 0.3) is 0 Å². The van der Waals surface area contributed by atoms with Crippen molar-refractivity contribution in [3.8, 4) is 0 Å². The fraction of sp³-hybridized carbons (Fsp3) is 0.100. The Morgan fingerprint density at radius 3 is 2.75 bits per heavy atom. The Morgan fingerprint density at radius 2 is 2.08 bits per heavy atom. The molecule has 0 aliphatic heterocycles. The second-order valence-corrected chi connectivity index (χ2v) is 2.59. The maximum absolute atomic E-state index is 4.75. The molecule has 0 saturated heterocycles. The van der Waals surface area contributed by atoms with E-state index >= 15 is 0 Å². The van der Waals surface area contributed by atoms with Gasteiger partial charge in [0.05, 0.1) is 0 Å². The Balaban J connectivity index is 2.15. The van der Waals surface area contributed by atoms with E-state index in [1.165, 1.54) is 5.56 Å². The van der Waals surface area contributed by atoms with Crippen LogP contribution in [0.1, 0.15) is 11.3 Å². The van der Waals surface area contributed by atoms with Gasteiger partial charge < -0.3 is 9.40 Å². The van der Waals surface area contributed by atoms with Crippen molar-refractivity contribution < 1.29 is 4.42 Å². The van der Waals surface area contributed by atoms with Gasteiger partial charge in [-0.05, 0) is 12.7 Å². The van der Waals surface area contributed by atoms with Crippen LogP contribution < -0.4 is 0 Å². The first-order chi connectivity index (χ1) is 5.95. The van der Waals surface area contributed by atoms with Gasteiger partial charge in [-0.3, -0.25) is 0 Å². The van der Waals surface area contributed by atoms with Crippen molar-refractivity contribution in [1.29, 1.82) is 0 Å². The Labute approximate surface area is 70.9 Å². The summed E-state index contributed by atoms with van der Waals surface area (Å²) in [5.74, 6) is 0. The number of nitrogens with zero attached hydrogens (tertiary/aromatic N) is 1. The second-order valence-electron chi connectivity index (χ2n) is 2.59. The van der Waals surface area contributed by atoms with E-state index in [0.717, 1.165) is 12.1 Å². The highest BCUT2D eigenvalue weighted by Crippen LogP contribution is 2.05. The molecule has 0 bridgehead atoms. The first kappa shape index (κ1) is 7.10. The van der Waals surface area contributed by atoms with E-state index in [2.05, 4.69) is 23.5 Å². The fourth-order valence-electron chi connectivity index (χ4n) is 1.09. The summed E-state index contributed by atoms with van der Waals surface area (Å²) in [6.45, 7) is 0. The van der Waals surface area contributed by atoms with Gasteiger partial charge in [-0.1, -0.05) is 41.6 Å². The smallest absolute Gasteiger partial charge is 0.102 e. The normalized spacial score (nSPS) is 10.0. The molecule has 0 spiro atoms. The average molecular weight is 158 g/mol. The molecule has 0 unspecified atom stereocenters. The van der Waals surface area contributed by atoms with Gasteiger partial charge in [0, 0.05) is 0 Å². The lowest BCUT2D eigenvalue weighted by molar-refractivity contribution is 0.546. The van der Waals surface area contributed by atoms with Crippen molar-refractivity contribution in [2.75, 3.05) is 0 Å². The van der Waals surface area contributed by atoms with E-state index in [-0.39, 0.29) is 0 Å². The van der Waals surface area contributed by atoms with Crippen molar-refractivity contribution in [2.24, 2.45) is 0 Å². The van der Waals surface area contributed by atoms with Crippen LogP contribution in [0.4, 0.5) is 0 Å². The highest BCUT2D eigenvalue weighted by molar-refractivity contribution is 5.19. The zero-order valence-electron chi connectivity index (χ0n) is 6.53. The predicted molar refractivity (Wildman–Crippen MR) is 44.6 cm³/mol. The SMILES string of the molecule is [c-]1nc(Cc2ccccc2)co1. The van der Waals surface area contributed by atoms with E-state index in [1.54, 1.807) is 6.26 Å². The van der Waals surface area contributed by atoms with Crippen LogP contribution in [0.25, 0.3) is 0 Å². The number of oxazole rings is 1. The van der Waals surface area contributed by atoms with Crippen molar-refractivity contribution in [3.05, 3.63) is 54.2 Å². The minimum atomic E-state index is 0.813. The lowest BCUT2D eigenvalue weighted by Crippen LogP contribution is -1.86. The first-order valence-electron chi connectivity index (χ1n) is 3.79. The highest BCUT2D eigenvalue weighted by atomic mass is 16.3. The molecule has 60 valence electrons. The lowest BCUT2D eigenvalue weighted by Gasteiger charge is -2.00. The molecular weight excluding hydrogens is 150 g/mol. The molecule has 1 heterocycles. The molecule has 0 radical (unpaired) electrons. The largest absolute Gasteiger partial charge is 0.581 e. The number of benzene rings is 1. The third-order valence-electron chi connectivity index (χ3n) is 1.66. The number of hydrogen-bond acceptors (Lipinski definition) is 2. The molecule has 0 amide bonds. The van der Waals surface area contributed by atoms with Crippen LogP contribution in [0.5, 0.6) is 0 Å². The van der Waals surface area contributed by atoms with Gasteiger partial charge in [-0.25, -0.2) is 0 Å². The molecule has 2 nitrogen and oxygen atoms in total. The van der Waals surface area contributed by atoms with Crippen LogP contribution in [0.3, 0.4) is 0 Å². The summed E-state index contributed by atoms with van der Waals surface area (Å²) in [6.07, 6.45) is 4.86. The molecule has 1 aromatic heterocycles. The van der Waals surface area contributed by atoms with Crippen LogP contribution >= 0.6 is 0 Å². The van der Waals surface area contributed by atoms with Crippen molar-refractivity contribution >= 4 is 0 Å². The molecular formula is C10H8NO-. The molecule has 0 fully saturated rings. The summed E-state index contributed by atoms with van der Waals surface area (Å²) in [6, 6.07) is 10.2. The average Bonchev–Trinajstić information content (AvgIpc) is 2.59. The predicted octanol–water partition coefficient (Wildman–Crippen LogP) is 2.07. The first-order valence-corrected chi connectivity index (χ1v) is 3.79. The number of rotatable bonds is 2. The highest BCUT2D eigenvalue weighted by Gasteiger charge is 1.89. The van der Waals surface area contributed by atoms with Gasteiger partial charge in [0.1, 0.15) is 6.39 Å². The maximum atomic E-state index is 4.75. The minimum absolute atomic E-state index is 0.813. The zero-order chi connectivity index (χ0) is 8.23. The topological polar surface area (TPSA) is 26.0 Å². The minimum Gasteiger partial charge on any atom is -0.581 e. The number of aromatic nitrogens is 1. The zero-order valence-corrected chi connectivity index (χ0v) is 6.53. The Morgan fingerprint density at radius 1 is 1.25 bits per heavy atom. The van der Waals surface area contributed by atoms with Gasteiger partial charge in [0.15, 0.2) is 0 Å². The fourth-order valence-corrected chi connectivity index (χ4v) is 1.09. The summed E-state index contributed by atoms with van der Waals surface area (Å²) >= 11 is 0. The van der Waals surface area contributed by atoms with Gasteiger partial charge in [-0.15, -0.1) is 0 Å². The maximum Gasteiger partial charge on any atom is 0.102 e. The summed E-state index contributed by atoms with van der Waals surface area (Å²) in [7, 11) is 0. The second kappa shape index (κ2) is 3.22. The monoisotopic (exact) mass is 158 g/mol. The van der Waals surface area contributed by atoms with Crippen molar-refractivity contribution in [2.45, 2.75) is 6.42 Å². The van der Waals surface area contributed by atoms with Crippen LogP contribution in [-0.2, 0) is 6.42 Å². The van der Waals surface area contributed by atoms with Gasteiger partial charge in [0.2, 0.25) is 0 Å². The van der Waals surface area contributed by atoms with E-state index in [1.807, 2.05) is 18.2 Å². The van der Waals surface area contributed by atoms with E-state index in [4.69, 9.17) is 4.42 Å². The summed E-state index contributed by atoms with van der Waals surface area (Å²) in [5, 5.41) is 0. The van der Waals surface area contributed by atoms with E-state index < -0.39 is 0 Å². The van der Waals surface area contributed by atoms with Crippen LogP contribution in [-0.4, -0.2) is 4.98 Å². The summed E-state index contributed by atoms with van der Waals surface area (Å²) in [5.41, 5.74) is 2.15. The molecule has 2 aromatic rings. The van der Waals surface area contributed by atoms with Crippen LogP contribution in [0, 0.1) is 6.39 Å². The molecule has 2 heteroatoms. The molecule has 0 aliphatic rings. The Bertz CT molecular complexity index is 326. The number of hydrogen-bond donors (Lipinski definition) is 0. The van der Waals surface area contributed by atoms with Crippen molar-refractivity contribution in [1.82, 2.24) is 4.98 Å². The van der Waals surface area contributed by atoms with Crippen LogP contribution in [0.15, 0.2) is 41.0 Å². The van der Waals surface area contributed by atoms with Gasteiger partial charge >= 0.3 is 0 Å². The molecule has 0 N–H and O–H groups in total. The standard InChI is InChI=1S/C10H8NO/c1-2-4-9(5-3-1)6-10-7-12-8-11-10/h1-5,7H,6H2/q-1. The van der Waals surface area contributed by atoms with Crippen LogP contribution in [0.2, 0.25) is 0 Å². The van der Waals surface area contributed by atoms with E-state index in [9.17, 15) is 0 Å². The third-order valence-corrected chi connectivity index (χ3v) is 1.66. The Kier molecular flexibility index (Phi) is 1.90. The lowest BCUT2D eigenvalue weighted by atomic mass is 10.1. The molecule has 0 atom stereocenters. The quantitative estimate of drug-likeness (QED) is 0.625. The molecule has 0 saturated carbocycles. The van der Waals surface area contributed by atoms with Crippen molar-refractivity contribution in [3.63, 3.8) is 0 Å². The summed E-state index contributed by atoms with van der Waals surface area (Å²) in [4.78, 5) is 3.92. The molecule has 12 heavy (non-hydrogen) atoms. The third kappa shape index (κ3) is 1.53. The molecule has 1 aromatic carbocycles. The molecule has 0 aliphatic carbocycles. The van der Waals surface area contributed by atoms with Gasteiger partial charge in [-0.2, -0.15) is 0 Å². The Hall–Kier alpha value is -1.57. The molecule has 2 rings (SSSR count). The summed E-state index contributed by atoms with van der Waals surface area (Å²) < 4.78 is 4.75. The van der Waals surface area contributed by atoms with E-state index in [0.29, 0.717) is 0 Å².